The van der Waals surface area contributed by atoms with Crippen molar-refractivity contribution in [1.29, 1.82) is 0 Å². The molecule has 2 heterocycles. The molecule has 11 nitrogen and oxygen atoms in total. The molecule has 160 valence electrons. The monoisotopic (exact) mass is 418 g/mol. The molecule has 30 heavy (non-hydrogen) atoms. The Morgan fingerprint density at radius 1 is 1.37 bits per heavy atom. The average molecular weight is 418 g/mol. The number of carbonyl (C=O) groups is 3. The largest absolute Gasteiger partial charge is 0.539 e. The van der Waals surface area contributed by atoms with Gasteiger partial charge in [0.25, 0.3) is 11.6 Å². The van der Waals surface area contributed by atoms with E-state index < -0.39 is 29.8 Å². The van der Waals surface area contributed by atoms with Crippen molar-refractivity contribution in [2.24, 2.45) is 7.05 Å². The van der Waals surface area contributed by atoms with Crippen LogP contribution in [0.15, 0.2) is 28.8 Å². The first kappa shape index (κ1) is 21.2. The molecule has 0 radical (unpaired) electrons. The van der Waals surface area contributed by atoms with Crippen LogP contribution in [-0.4, -0.2) is 53.8 Å². The van der Waals surface area contributed by atoms with E-state index in [2.05, 4.69) is 15.1 Å². The Hall–Kier alpha value is -3.47. The number of nitrogens with zero attached hydrogens (tertiary/aromatic N) is 3. The van der Waals surface area contributed by atoms with E-state index in [1.54, 1.807) is 26.1 Å². The molecule has 0 aliphatic carbocycles. The zero-order valence-electron chi connectivity index (χ0n) is 16.6. The van der Waals surface area contributed by atoms with Gasteiger partial charge in [-0.25, -0.2) is 4.79 Å². The number of hydrogen-bond donors (Lipinski definition) is 1. The summed E-state index contributed by atoms with van der Waals surface area (Å²) in [7, 11) is 1.54. The predicted molar refractivity (Wildman–Crippen MR) is 97.9 cm³/mol. The molecule has 1 aliphatic rings. The minimum absolute atomic E-state index is 0.0223. The van der Waals surface area contributed by atoms with Gasteiger partial charge in [0.2, 0.25) is 5.91 Å². The van der Waals surface area contributed by atoms with E-state index in [0.717, 1.165) is 0 Å². The highest BCUT2D eigenvalue weighted by Crippen LogP contribution is 2.17. The molecule has 0 saturated carbocycles. The zero-order valence-corrected chi connectivity index (χ0v) is 16.6. The highest BCUT2D eigenvalue weighted by molar-refractivity contribution is 5.96. The topological polar surface area (TPSA) is 138 Å². The van der Waals surface area contributed by atoms with Crippen molar-refractivity contribution in [1.82, 2.24) is 10.2 Å². The van der Waals surface area contributed by atoms with E-state index in [9.17, 15) is 19.5 Å². The number of nitrogens with one attached hydrogen (secondary N) is 1. The van der Waals surface area contributed by atoms with E-state index in [-0.39, 0.29) is 38.4 Å². The van der Waals surface area contributed by atoms with Crippen molar-refractivity contribution < 1.29 is 38.2 Å². The number of benzene rings is 1. The molecule has 1 aromatic heterocycles. The van der Waals surface area contributed by atoms with Crippen LogP contribution < -0.4 is 15.1 Å². The van der Waals surface area contributed by atoms with Crippen molar-refractivity contribution in [3.8, 4) is 5.95 Å². The lowest BCUT2D eigenvalue weighted by Crippen LogP contribution is -2.50. The lowest BCUT2D eigenvalue weighted by Gasteiger charge is -2.31. The Balaban J connectivity index is 1.56. The maximum Gasteiger partial charge on any atom is 0.338 e. The van der Waals surface area contributed by atoms with Crippen LogP contribution in [0.2, 0.25) is 0 Å². The highest BCUT2D eigenvalue weighted by Gasteiger charge is 2.33. The molecule has 0 bridgehead atoms. The molecule has 2 amide bonds. The van der Waals surface area contributed by atoms with E-state index in [1.165, 1.54) is 21.7 Å². The van der Waals surface area contributed by atoms with Gasteiger partial charge in [0.05, 0.1) is 30.5 Å². The summed E-state index contributed by atoms with van der Waals surface area (Å²) in [6.45, 7) is 2.54. The summed E-state index contributed by atoms with van der Waals surface area (Å²) in [6.07, 6.45) is -1.15. The first-order chi connectivity index (χ1) is 14.4. The second-order valence-corrected chi connectivity index (χ2v) is 6.60. The van der Waals surface area contributed by atoms with Crippen molar-refractivity contribution in [2.75, 3.05) is 25.1 Å². The van der Waals surface area contributed by atoms with E-state index >= 15 is 0 Å². The summed E-state index contributed by atoms with van der Waals surface area (Å²) in [5, 5.41) is 17.9. The minimum atomic E-state index is -0.960. The Labute approximate surface area is 172 Å². The van der Waals surface area contributed by atoms with Gasteiger partial charge < -0.3 is 29.3 Å². The number of hydrogen-bond acceptors (Lipinski definition) is 8. The molecular weight excluding hydrogens is 396 g/mol. The Morgan fingerprint density at radius 2 is 2.10 bits per heavy atom. The molecule has 1 fully saturated rings. The SMILES string of the molecule is CCOC(=O)c1ccc(NC(=O)CC2OCCN(Cc3c([O-])on[n+]3C)C2=O)cc1. The predicted octanol–water partition coefficient (Wildman–Crippen LogP) is -0.494. The van der Waals surface area contributed by atoms with Crippen LogP contribution in [0.5, 0.6) is 5.95 Å². The van der Waals surface area contributed by atoms with Crippen molar-refractivity contribution >= 4 is 23.5 Å². The second-order valence-electron chi connectivity index (χ2n) is 6.60. The van der Waals surface area contributed by atoms with Gasteiger partial charge in [-0.05, 0) is 31.2 Å². The number of aromatic nitrogens is 2. The molecule has 1 atom stereocenters. The van der Waals surface area contributed by atoms with Gasteiger partial charge in [0.15, 0.2) is 13.0 Å². The Morgan fingerprint density at radius 3 is 2.73 bits per heavy atom. The lowest BCUT2D eigenvalue weighted by molar-refractivity contribution is -0.746. The number of morpholine rings is 1. The van der Waals surface area contributed by atoms with E-state index in [1.807, 2.05) is 0 Å². The smallest absolute Gasteiger partial charge is 0.338 e. The molecule has 1 aromatic carbocycles. The maximum atomic E-state index is 12.7. The Bertz CT molecular complexity index is 906. The van der Waals surface area contributed by atoms with Crippen molar-refractivity contribution in [3.63, 3.8) is 0 Å². The van der Waals surface area contributed by atoms with Crippen LogP contribution in [0.4, 0.5) is 5.69 Å². The zero-order chi connectivity index (χ0) is 21.7. The summed E-state index contributed by atoms with van der Waals surface area (Å²) in [4.78, 5) is 38.1. The number of anilines is 1. The molecule has 3 rings (SSSR count). The molecule has 0 spiro atoms. The molecule has 1 aliphatic heterocycles. The average Bonchev–Trinajstić information content (AvgIpc) is 3.03. The van der Waals surface area contributed by atoms with Gasteiger partial charge in [0.1, 0.15) is 12.6 Å². The number of amides is 2. The van der Waals surface area contributed by atoms with Crippen LogP contribution in [0.1, 0.15) is 29.4 Å². The van der Waals surface area contributed by atoms with Gasteiger partial charge >= 0.3 is 5.97 Å². The molecule has 2 aromatic rings. The normalized spacial score (nSPS) is 16.4. The molecule has 11 heteroatoms. The fourth-order valence-corrected chi connectivity index (χ4v) is 2.96. The summed E-state index contributed by atoms with van der Waals surface area (Å²) in [5.74, 6) is -1.87. The number of carbonyl (C=O) groups excluding carboxylic acids is 3. The summed E-state index contributed by atoms with van der Waals surface area (Å²) < 4.78 is 16.2. The van der Waals surface area contributed by atoms with Gasteiger partial charge in [0, 0.05) is 12.2 Å². The Kier molecular flexibility index (Phi) is 6.62. The maximum absolute atomic E-state index is 12.7. The van der Waals surface area contributed by atoms with Gasteiger partial charge in [-0.3, -0.25) is 9.59 Å². The van der Waals surface area contributed by atoms with Crippen LogP contribution >= 0.6 is 0 Å². The van der Waals surface area contributed by atoms with Crippen LogP contribution in [0, 0.1) is 0 Å². The highest BCUT2D eigenvalue weighted by atomic mass is 16.6. The third-order valence-corrected chi connectivity index (χ3v) is 4.53. The van der Waals surface area contributed by atoms with Crippen molar-refractivity contribution in [2.45, 2.75) is 26.0 Å². The fraction of sp³-hybridized carbons (Fsp3) is 0.421. The van der Waals surface area contributed by atoms with E-state index in [0.29, 0.717) is 11.3 Å². The third kappa shape index (κ3) is 4.92. The molecule has 1 unspecified atom stereocenters. The summed E-state index contributed by atoms with van der Waals surface area (Å²) >= 11 is 0. The number of aryl methyl sites for hydroxylation is 1. The summed E-state index contributed by atoms with van der Waals surface area (Å²) in [6, 6.07) is 6.22. The molecule has 1 saturated heterocycles. The first-order valence-electron chi connectivity index (χ1n) is 9.38. The number of rotatable bonds is 7. The third-order valence-electron chi connectivity index (χ3n) is 4.53. The van der Waals surface area contributed by atoms with E-state index in [4.69, 9.17) is 9.47 Å². The van der Waals surface area contributed by atoms with Crippen LogP contribution in [-0.2, 0) is 32.7 Å². The van der Waals surface area contributed by atoms with Crippen molar-refractivity contribution in [3.05, 3.63) is 35.5 Å². The first-order valence-corrected chi connectivity index (χ1v) is 9.38. The van der Waals surface area contributed by atoms with Crippen LogP contribution in [0.25, 0.3) is 0 Å². The number of esters is 1. The standard InChI is InChI=1S/C19H22N4O7/c1-3-28-18(26)12-4-6-13(7-5-12)20-16(24)10-15-17(25)23(8-9-29-15)11-14-19(27)30-21-22(14)2/h4-7,15H,3,8-11H2,1-2H3,(H-,20,21,24,26,27). The minimum Gasteiger partial charge on any atom is -0.539 e. The van der Waals surface area contributed by atoms with Crippen LogP contribution in [0.3, 0.4) is 0 Å². The second kappa shape index (κ2) is 9.35. The van der Waals surface area contributed by atoms with Gasteiger partial charge in [-0.2, -0.15) is 0 Å². The molecular formula is C19H22N4O7. The van der Waals surface area contributed by atoms with Gasteiger partial charge in [-0.15, -0.1) is 0 Å². The van der Waals surface area contributed by atoms with Gasteiger partial charge in [-0.1, -0.05) is 4.68 Å². The lowest BCUT2D eigenvalue weighted by atomic mass is 10.1. The molecule has 1 N–H and O–H groups in total. The number of ether oxygens (including phenoxy) is 2. The fourth-order valence-electron chi connectivity index (χ4n) is 2.96. The summed E-state index contributed by atoms with van der Waals surface area (Å²) in [5.41, 5.74) is 1.08. The quantitative estimate of drug-likeness (QED) is 0.469.